The van der Waals surface area contributed by atoms with Crippen molar-refractivity contribution in [1.82, 2.24) is 19.5 Å². The molecular formula is C19H21N5O. The van der Waals surface area contributed by atoms with Crippen LogP contribution in [0.15, 0.2) is 48.8 Å². The first-order valence-corrected chi connectivity index (χ1v) is 8.62. The fraction of sp³-hybridized carbons (Fsp3) is 0.316. The van der Waals surface area contributed by atoms with Gasteiger partial charge in [0.1, 0.15) is 5.52 Å². The molecule has 4 rings (SSSR count). The molecule has 1 atom stereocenters. The predicted octanol–water partition coefficient (Wildman–Crippen LogP) is 2.79. The fourth-order valence-electron chi connectivity index (χ4n) is 3.49. The number of anilines is 1. The Balaban J connectivity index is 1.60. The van der Waals surface area contributed by atoms with Crippen molar-refractivity contribution in [1.29, 1.82) is 0 Å². The Morgan fingerprint density at radius 1 is 1.24 bits per heavy atom. The molecule has 0 saturated carbocycles. The molecule has 0 aliphatic carbocycles. The number of carbonyl (C=O) groups excluding carboxylic acids is 1. The fourth-order valence-corrected chi connectivity index (χ4v) is 3.49. The average molecular weight is 335 g/mol. The van der Waals surface area contributed by atoms with Gasteiger partial charge in [0.2, 0.25) is 0 Å². The molecular weight excluding hydrogens is 314 g/mol. The number of hydrogen-bond donors (Lipinski definition) is 1. The van der Waals surface area contributed by atoms with Gasteiger partial charge in [0, 0.05) is 31.6 Å². The van der Waals surface area contributed by atoms with Crippen LogP contribution in [0.3, 0.4) is 0 Å². The molecule has 128 valence electrons. The molecule has 0 bridgehead atoms. The second-order valence-electron chi connectivity index (χ2n) is 6.38. The first kappa shape index (κ1) is 15.6. The van der Waals surface area contributed by atoms with Gasteiger partial charge < -0.3 is 10.2 Å². The van der Waals surface area contributed by atoms with Crippen molar-refractivity contribution in [3.8, 4) is 0 Å². The van der Waals surface area contributed by atoms with E-state index in [2.05, 4.69) is 10.4 Å². The third kappa shape index (κ3) is 2.95. The highest BCUT2D eigenvalue weighted by atomic mass is 16.2. The van der Waals surface area contributed by atoms with Crippen molar-refractivity contribution in [3.05, 3.63) is 60.0 Å². The van der Waals surface area contributed by atoms with E-state index < -0.39 is 0 Å². The van der Waals surface area contributed by atoms with Crippen LogP contribution in [-0.4, -0.2) is 45.5 Å². The van der Waals surface area contributed by atoms with Crippen LogP contribution in [0.2, 0.25) is 0 Å². The lowest BCUT2D eigenvalue weighted by atomic mass is 9.94. The van der Waals surface area contributed by atoms with Crippen LogP contribution >= 0.6 is 0 Å². The highest BCUT2D eigenvalue weighted by molar-refractivity contribution is 5.94. The monoisotopic (exact) mass is 335 g/mol. The van der Waals surface area contributed by atoms with E-state index in [1.54, 1.807) is 6.20 Å². The molecule has 1 aliphatic heterocycles. The number of aromatic nitrogens is 3. The van der Waals surface area contributed by atoms with Crippen LogP contribution in [0.1, 0.15) is 34.8 Å². The topological polar surface area (TPSA) is 62.5 Å². The number of hydrogen-bond acceptors (Lipinski definition) is 4. The van der Waals surface area contributed by atoms with E-state index in [4.69, 9.17) is 4.98 Å². The van der Waals surface area contributed by atoms with Gasteiger partial charge in [-0.1, -0.05) is 18.2 Å². The molecule has 3 aromatic rings. The van der Waals surface area contributed by atoms with Crippen LogP contribution < -0.4 is 5.32 Å². The van der Waals surface area contributed by atoms with Gasteiger partial charge in [-0.15, -0.1) is 0 Å². The number of piperidine rings is 1. The molecule has 6 nitrogen and oxygen atoms in total. The number of rotatable bonds is 3. The van der Waals surface area contributed by atoms with E-state index in [0.29, 0.717) is 6.54 Å². The number of fused-ring (bicyclic) bond motifs is 1. The minimum absolute atomic E-state index is 0.0966. The average Bonchev–Trinajstić information content (AvgIpc) is 3.16. The lowest BCUT2D eigenvalue weighted by Crippen LogP contribution is -2.39. The number of amides is 1. The summed E-state index contributed by atoms with van der Waals surface area (Å²) in [5.74, 6) is 1.14. The van der Waals surface area contributed by atoms with Crippen molar-refractivity contribution in [2.24, 2.45) is 0 Å². The molecule has 1 aromatic carbocycles. The van der Waals surface area contributed by atoms with Gasteiger partial charge in [0.25, 0.3) is 5.91 Å². The Morgan fingerprint density at radius 3 is 2.88 bits per heavy atom. The van der Waals surface area contributed by atoms with E-state index in [-0.39, 0.29) is 11.8 Å². The standard InChI is InChI=1S/C19H21N5O/c1-20-18-17-9-10-21-24(17)13-16(22-18)15-8-5-11-23(12-15)19(25)14-6-3-2-4-7-14/h2-4,6-7,9-10,13,15H,5,8,11-12H2,1H3,(H,20,22)/t15-/m1/s1. The Morgan fingerprint density at radius 2 is 2.08 bits per heavy atom. The Hall–Kier alpha value is -2.89. The minimum Gasteiger partial charge on any atom is -0.371 e. The summed E-state index contributed by atoms with van der Waals surface area (Å²) in [6.45, 7) is 1.49. The molecule has 1 saturated heterocycles. The summed E-state index contributed by atoms with van der Waals surface area (Å²) < 4.78 is 1.85. The van der Waals surface area contributed by atoms with Gasteiger partial charge in [-0.05, 0) is 31.0 Å². The number of likely N-dealkylation sites (tertiary alicyclic amines) is 1. The molecule has 3 heterocycles. The molecule has 0 spiro atoms. The van der Waals surface area contributed by atoms with Gasteiger partial charge in [-0.3, -0.25) is 4.79 Å². The summed E-state index contributed by atoms with van der Waals surface area (Å²) in [6.07, 6.45) is 5.77. The number of carbonyl (C=O) groups is 1. The lowest BCUT2D eigenvalue weighted by molar-refractivity contribution is 0.0706. The second kappa shape index (κ2) is 6.55. The zero-order valence-corrected chi connectivity index (χ0v) is 14.2. The molecule has 2 aromatic heterocycles. The molecule has 1 N–H and O–H groups in total. The van der Waals surface area contributed by atoms with E-state index in [1.807, 2.05) is 59.1 Å². The number of nitrogens with one attached hydrogen (secondary N) is 1. The molecule has 1 amide bonds. The normalized spacial score (nSPS) is 17.6. The summed E-state index contributed by atoms with van der Waals surface area (Å²) in [4.78, 5) is 19.5. The maximum absolute atomic E-state index is 12.7. The predicted molar refractivity (Wildman–Crippen MR) is 96.9 cm³/mol. The van der Waals surface area contributed by atoms with Gasteiger partial charge in [-0.2, -0.15) is 5.10 Å². The molecule has 0 unspecified atom stereocenters. The van der Waals surface area contributed by atoms with Crippen LogP contribution in [0, 0.1) is 0 Å². The van der Waals surface area contributed by atoms with Crippen LogP contribution in [-0.2, 0) is 0 Å². The summed E-state index contributed by atoms with van der Waals surface area (Å²) in [5, 5.41) is 7.48. The van der Waals surface area contributed by atoms with E-state index >= 15 is 0 Å². The zero-order valence-electron chi connectivity index (χ0n) is 14.2. The quantitative estimate of drug-likeness (QED) is 0.799. The Labute approximate surface area is 146 Å². The van der Waals surface area contributed by atoms with Crippen LogP contribution in [0.4, 0.5) is 5.82 Å². The number of benzene rings is 1. The first-order valence-electron chi connectivity index (χ1n) is 8.62. The van der Waals surface area contributed by atoms with Gasteiger partial charge in [0.05, 0.1) is 18.1 Å². The molecule has 1 fully saturated rings. The van der Waals surface area contributed by atoms with Gasteiger partial charge in [-0.25, -0.2) is 9.50 Å². The van der Waals surface area contributed by atoms with Crippen molar-refractivity contribution in [2.75, 3.05) is 25.5 Å². The van der Waals surface area contributed by atoms with Crippen molar-refractivity contribution in [2.45, 2.75) is 18.8 Å². The minimum atomic E-state index is 0.0966. The summed E-state index contributed by atoms with van der Waals surface area (Å²) >= 11 is 0. The highest BCUT2D eigenvalue weighted by Crippen LogP contribution is 2.28. The SMILES string of the molecule is CNc1nc([C@@H]2CCCN(C(=O)c3ccccc3)C2)cn2nccc12. The van der Waals surface area contributed by atoms with E-state index in [9.17, 15) is 4.79 Å². The first-order chi connectivity index (χ1) is 12.3. The van der Waals surface area contributed by atoms with Crippen molar-refractivity contribution >= 4 is 17.2 Å². The molecule has 25 heavy (non-hydrogen) atoms. The molecule has 6 heteroatoms. The van der Waals surface area contributed by atoms with Crippen molar-refractivity contribution < 1.29 is 4.79 Å². The van der Waals surface area contributed by atoms with E-state index in [0.717, 1.165) is 42.0 Å². The Bertz CT molecular complexity index is 889. The zero-order chi connectivity index (χ0) is 17.2. The highest BCUT2D eigenvalue weighted by Gasteiger charge is 2.27. The summed E-state index contributed by atoms with van der Waals surface area (Å²) in [6, 6.07) is 11.4. The Kier molecular flexibility index (Phi) is 4.09. The smallest absolute Gasteiger partial charge is 0.253 e. The lowest BCUT2D eigenvalue weighted by Gasteiger charge is -2.32. The van der Waals surface area contributed by atoms with Crippen LogP contribution in [0.5, 0.6) is 0 Å². The number of nitrogens with zero attached hydrogens (tertiary/aromatic N) is 4. The van der Waals surface area contributed by atoms with Gasteiger partial charge in [0.15, 0.2) is 5.82 Å². The van der Waals surface area contributed by atoms with Crippen molar-refractivity contribution in [3.63, 3.8) is 0 Å². The maximum Gasteiger partial charge on any atom is 0.253 e. The summed E-state index contributed by atoms with van der Waals surface area (Å²) in [5.41, 5.74) is 2.68. The molecule has 1 aliphatic rings. The third-order valence-electron chi connectivity index (χ3n) is 4.79. The maximum atomic E-state index is 12.7. The third-order valence-corrected chi connectivity index (χ3v) is 4.79. The largest absolute Gasteiger partial charge is 0.371 e. The second-order valence-corrected chi connectivity index (χ2v) is 6.38. The molecule has 0 radical (unpaired) electrons. The summed E-state index contributed by atoms with van der Waals surface area (Å²) in [7, 11) is 1.87. The van der Waals surface area contributed by atoms with Crippen LogP contribution in [0.25, 0.3) is 5.52 Å². The van der Waals surface area contributed by atoms with E-state index in [1.165, 1.54) is 0 Å². The van der Waals surface area contributed by atoms with Gasteiger partial charge >= 0.3 is 0 Å².